The van der Waals surface area contributed by atoms with Crippen LogP contribution in [0.1, 0.15) is 33.1 Å². The van der Waals surface area contributed by atoms with E-state index in [0.29, 0.717) is 0 Å². The molecule has 2 fully saturated rings. The van der Waals surface area contributed by atoms with E-state index in [1.165, 1.54) is 25.8 Å². The van der Waals surface area contributed by atoms with Crippen LogP contribution < -0.4 is 5.32 Å². The van der Waals surface area contributed by atoms with Crippen LogP contribution in [0.2, 0.25) is 0 Å². The maximum atomic E-state index is 3.65. The summed E-state index contributed by atoms with van der Waals surface area (Å²) in [6.45, 7) is 6.01. The fraction of sp³-hybridized carbons (Fsp3) is 1.00. The van der Waals surface area contributed by atoms with Gasteiger partial charge in [-0.1, -0.05) is 13.8 Å². The third kappa shape index (κ3) is 1.20. The highest BCUT2D eigenvalue weighted by molar-refractivity contribution is 4.95. The number of hydrogen-bond donors (Lipinski definition) is 1. The zero-order chi connectivity index (χ0) is 7.84. The zero-order valence-electron chi connectivity index (χ0n) is 7.64. The summed E-state index contributed by atoms with van der Waals surface area (Å²) in [5.74, 6) is 2.89. The Labute approximate surface area is 69.6 Å². The number of nitrogens with one attached hydrogen (secondary N) is 1. The second-order valence-electron chi connectivity index (χ2n) is 4.51. The Morgan fingerprint density at radius 1 is 1.18 bits per heavy atom. The first kappa shape index (κ1) is 7.60. The van der Waals surface area contributed by atoms with Crippen molar-refractivity contribution in [1.29, 1.82) is 0 Å². The summed E-state index contributed by atoms with van der Waals surface area (Å²) in [7, 11) is 0. The third-order valence-electron chi connectivity index (χ3n) is 3.59. The van der Waals surface area contributed by atoms with Crippen LogP contribution in [0.4, 0.5) is 0 Å². The molecule has 0 aromatic heterocycles. The molecule has 2 aliphatic rings. The first-order chi connectivity index (χ1) is 5.29. The van der Waals surface area contributed by atoms with Gasteiger partial charge in [-0.05, 0) is 43.6 Å². The number of rotatable bonds is 1. The van der Waals surface area contributed by atoms with Gasteiger partial charge in [-0.15, -0.1) is 0 Å². The van der Waals surface area contributed by atoms with E-state index < -0.39 is 0 Å². The van der Waals surface area contributed by atoms with E-state index in [2.05, 4.69) is 19.2 Å². The molecule has 3 unspecified atom stereocenters. The average molecular weight is 153 g/mol. The predicted molar refractivity (Wildman–Crippen MR) is 47.5 cm³/mol. The molecule has 1 saturated carbocycles. The minimum Gasteiger partial charge on any atom is -0.313 e. The van der Waals surface area contributed by atoms with Crippen LogP contribution in [-0.4, -0.2) is 12.6 Å². The van der Waals surface area contributed by atoms with Crippen LogP contribution >= 0.6 is 0 Å². The number of hydrogen-bond acceptors (Lipinski definition) is 1. The lowest BCUT2D eigenvalue weighted by Gasteiger charge is -2.22. The summed E-state index contributed by atoms with van der Waals surface area (Å²) >= 11 is 0. The lowest BCUT2D eigenvalue weighted by molar-refractivity contribution is 0.320. The average Bonchev–Trinajstić information content (AvgIpc) is 2.41. The van der Waals surface area contributed by atoms with Crippen molar-refractivity contribution in [2.45, 2.75) is 39.2 Å². The van der Waals surface area contributed by atoms with Gasteiger partial charge in [0, 0.05) is 6.04 Å². The van der Waals surface area contributed by atoms with Crippen molar-refractivity contribution in [3.05, 3.63) is 0 Å². The summed E-state index contributed by atoms with van der Waals surface area (Å²) in [4.78, 5) is 0. The zero-order valence-corrected chi connectivity index (χ0v) is 7.64. The van der Waals surface area contributed by atoms with E-state index in [1.54, 1.807) is 0 Å². The summed E-state index contributed by atoms with van der Waals surface area (Å²) in [6.07, 6.45) is 4.40. The molecule has 0 aromatic rings. The summed E-state index contributed by atoms with van der Waals surface area (Å²) in [5, 5.41) is 3.65. The van der Waals surface area contributed by atoms with E-state index in [9.17, 15) is 0 Å². The van der Waals surface area contributed by atoms with Crippen molar-refractivity contribution in [2.24, 2.45) is 17.8 Å². The van der Waals surface area contributed by atoms with E-state index in [1.807, 2.05) is 0 Å². The van der Waals surface area contributed by atoms with Crippen LogP contribution in [-0.2, 0) is 0 Å². The Bertz CT molecular complexity index is 142. The summed E-state index contributed by atoms with van der Waals surface area (Å²) in [5.41, 5.74) is 0. The van der Waals surface area contributed by atoms with Crippen molar-refractivity contribution in [2.75, 3.05) is 6.54 Å². The molecule has 0 spiro atoms. The van der Waals surface area contributed by atoms with Crippen molar-refractivity contribution < 1.29 is 0 Å². The largest absolute Gasteiger partial charge is 0.313 e. The molecule has 11 heavy (non-hydrogen) atoms. The Morgan fingerprint density at radius 2 is 2.00 bits per heavy atom. The first-order valence-electron chi connectivity index (χ1n) is 5.02. The molecular weight excluding hydrogens is 134 g/mol. The van der Waals surface area contributed by atoms with Crippen LogP contribution in [0.5, 0.6) is 0 Å². The van der Waals surface area contributed by atoms with Gasteiger partial charge < -0.3 is 5.32 Å². The minimum absolute atomic E-state index is 0.884. The molecule has 1 N–H and O–H groups in total. The fourth-order valence-electron chi connectivity index (χ4n) is 2.94. The molecule has 1 heterocycles. The highest BCUT2D eigenvalue weighted by Crippen LogP contribution is 2.40. The quantitative estimate of drug-likeness (QED) is 0.608. The molecule has 3 atom stereocenters. The van der Waals surface area contributed by atoms with Gasteiger partial charge in [-0.2, -0.15) is 0 Å². The normalized spacial score (nSPS) is 43.4. The van der Waals surface area contributed by atoms with Crippen molar-refractivity contribution >= 4 is 0 Å². The lowest BCUT2D eigenvalue weighted by Crippen LogP contribution is -2.32. The van der Waals surface area contributed by atoms with Crippen LogP contribution in [0, 0.1) is 17.8 Å². The van der Waals surface area contributed by atoms with Gasteiger partial charge in [0.1, 0.15) is 0 Å². The van der Waals surface area contributed by atoms with E-state index in [-0.39, 0.29) is 0 Å². The Kier molecular flexibility index (Phi) is 1.92. The molecular formula is C10H19N. The SMILES string of the molecule is CC(C)C1CCC2CCNC21. The molecule has 1 aliphatic heterocycles. The molecule has 1 saturated heterocycles. The Morgan fingerprint density at radius 3 is 2.73 bits per heavy atom. The van der Waals surface area contributed by atoms with Crippen molar-refractivity contribution in [3.8, 4) is 0 Å². The highest BCUT2D eigenvalue weighted by atomic mass is 15.0. The monoisotopic (exact) mass is 153 g/mol. The lowest BCUT2D eigenvalue weighted by atomic mass is 9.90. The van der Waals surface area contributed by atoms with Gasteiger partial charge in [-0.3, -0.25) is 0 Å². The maximum Gasteiger partial charge on any atom is 0.0126 e. The summed E-state index contributed by atoms with van der Waals surface area (Å²) in [6, 6.07) is 0.884. The fourth-order valence-corrected chi connectivity index (χ4v) is 2.94. The Balaban J connectivity index is 2.03. The van der Waals surface area contributed by atoms with Gasteiger partial charge in [-0.25, -0.2) is 0 Å². The molecule has 0 aromatic carbocycles. The van der Waals surface area contributed by atoms with Crippen LogP contribution in [0.25, 0.3) is 0 Å². The molecule has 1 nitrogen and oxygen atoms in total. The van der Waals surface area contributed by atoms with Gasteiger partial charge in [0.25, 0.3) is 0 Å². The third-order valence-corrected chi connectivity index (χ3v) is 3.59. The smallest absolute Gasteiger partial charge is 0.0126 e. The second kappa shape index (κ2) is 2.78. The van der Waals surface area contributed by atoms with Gasteiger partial charge in [0.05, 0.1) is 0 Å². The van der Waals surface area contributed by atoms with Crippen LogP contribution in [0.15, 0.2) is 0 Å². The standard InChI is InChI=1S/C10H19N/c1-7(2)9-4-3-8-5-6-11-10(8)9/h7-11H,3-6H2,1-2H3. The highest BCUT2D eigenvalue weighted by Gasteiger charge is 2.39. The van der Waals surface area contributed by atoms with Crippen LogP contribution in [0.3, 0.4) is 0 Å². The topological polar surface area (TPSA) is 12.0 Å². The number of fused-ring (bicyclic) bond motifs is 1. The second-order valence-corrected chi connectivity index (χ2v) is 4.51. The molecule has 1 aliphatic carbocycles. The van der Waals surface area contributed by atoms with Crippen molar-refractivity contribution in [1.82, 2.24) is 5.32 Å². The van der Waals surface area contributed by atoms with Gasteiger partial charge >= 0.3 is 0 Å². The molecule has 0 radical (unpaired) electrons. The molecule has 1 heteroatoms. The molecule has 2 rings (SSSR count). The predicted octanol–water partition coefficient (Wildman–Crippen LogP) is 2.03. The maximum absolute atomic E-state index is 3.65. The van der Waals surface area contributed by atoms with E-state index >= 15 is 0 Å². The summed E-state index contributed by atoms with van der Waals surface area (Å²) < 4.78 is 0. The minimum atomic E-state index is 0.884. The van der Waals surface area contributed by atoms with Crippen molar-refractivity contribution in [3.63, 3.8) is 0 Å². The molecule has 0 bridgehead atoms. The first-order valence-corrected chi connectivity index (χ1v) is 5.02. The molecule has 64 valence electrons. The Hall–Kier alpha value is -0.0400. The van der Waals surface area contributed by atoms with Gasteiger partial charge in [0.2, 0.25) is 0 Å². The van der Waals surface area contributed by atoms with Gasteiger partial charge in [0.15, 0.2) is 0 Å². The van der Waals surface area contributed by atoms with E-state index in [0.717, 1.165) is 23.8 Å². The van der Waals surface area contributed by atoms with E-state index in [4.69, 9.17) is 0 Å². The molecule has 0 amide bonds.